The fraction of sp³-hybridized carbons (Fsp3) is 0.958. The highest BCUT2D eigenvalue weighted by atomic mass is 31.2. The Morgan fingerprint density at radius 3 is 2.29 bits per heavy atom. The van der Waals surface area contributed by atoms with Crippen molar-refractivity contribution in [2.45, 2.75) is 96.8 Å². The number of rotatable bonds is 6. The zero-order chi connectivity index (χ0) is 25.3. The van der Waals surface area contributed by atoms with Crippen LogP contribution in [0.5, 0.6) is 0 Å². The van der Waals surface area contributed by atoms with Crippen LogP contribution in [0.25, 0.3) is 0 Å². The van der Waals surface area contributed by atoms with Gasteiger partial charge in [-0.05, 0) is 78.9 Å². The van der Waals surface area contributed by atoms with Gasteiger partial charge in [0, 0.05) is 31.6 Å². The summed E-state index contributed by atoms with van der Waals surface area (Å²) < 4.78 is 62.2. The molecule has 0 heterocycles. The average Bonchev–Trinajstić information content (AvgIpc) is 3.03. The first-order valence-electron chi connectivity index (χ1n) is 12.6. The molecule has 0 aliphatic heterocycles. The predicted octanol–water partition coefficient (Wildman–Crippen LogP) is 6.17. The van der Waals surface area contributed by atoms with Crippen molar-refractivity contribution in [3.8, 4) is 0 Å². The molecule has 9 unspecified atom stereocenters. The Balaban J connectivity index is 1.70. The lowest BCUT2D eigenvalue weighted by atomic mass is 9.43. The number of halogens is 3. The van der Waals surface area contributed by atoms with Crippen molar-refractivity contribution in [1.82, 2.24) is 0 Å². The smallest absolute Gasteiger partial charge is 0.472 e. The molecule has 10 heteroatoms. The number of hydrogen-bond donors (Lipinski definition) is 3. The van der Waals surface area contributed by atoms with Gasteiger partial charge in [-0.2, -0.15) is 0 Å². The molecule has 4 saturated carbocycles. The van der Waals surface area contributed by atoms with Crippen LogP contribution in [0.1, 0.15) is 85.0 Å². The lowest BCUT2D eigenvalue weighted by Crippen LogP contribution is -2.63. The Hall–Kier alpha value is -0.630. The van der Waals surface area contributed by atoms with Gasteiger partial charge in [0.05, 0.1) is 0 Å². The Morgan fingerprint density at radius 1 is 1.03 bits per heavy atom. The second kappa shape index (κ2) is 8.46. The number of alkyl halides is 3. The number of aliphatic carboxylic acids is 1. The van der Waals surface area contributed by atoms with E-state index in [1.165, 1.54) is 0 Å². The molecule has 0 bridgehead atoms. The van der Waals surface area contributed by atoms with Crippen LogP contribution >= 0.6 is 7.82 Å². The van der Waals surface area contributed by atoms with Crippen LogP contribution in [0.2, 0.25) is 0 Å². The lowest BCUT2D eigenvalue weighted by Gasteiger charge is -2.64. The van der Waals surface area contributed by atoms with Gasteiger partial charge in [-0.1, -0.05) is 20.8 Å². The summed E-state index contributed by atoms with van der Waals surface area (Å²) in [6.07, 6.45) is 2.48. The molecular weight excluding hydrogens is 472 g/mol. The SMILES string of the molecule is CC(CCC(=O)O)C1CCC2C3C(CCC12C)C1(C)CCC(F)(F)CC1CC3(F)OP(=O)(O)O. The Bertz CT molecular complexity index is 866. The summed E-state index contributed by atoms with van der Waals surface area (Å²) in [5.74, 6) is -8.18. The molecule has 34 heavy (non-hydrogen) atoms. The first-order chi connectivity index (χ1) is 15.5. The number of fused-ring (bicyclic) bond motifs is 5. The van der Waals surface area contributed by atoms with Crippen LogP contribution in [0.4, 0.5) is 13.2 Å². The number of carboxylic acids is 1. The van der Waals surface area contributed by atoms with Crippen LogP contribution in [-0.4, -0.2) is 32.6 Å². The van der Waals surface area contributed by atoms with Crippen molar-refractivity contribution in [1.29, 1.82) is 0 Å². The van der Waals surface area contributed by atoms with E-state index < -0.39 is 55.7 Å². The van der Waals surface area contributed by atoms with Gasteiger partial charge in [-0.15, -0.1) is 0 Å². The summed E-state index contributed by atoms with van der Waals surface area (Å²) in [5.41, 5.74) is -0.856. The van der Waals surface area contributed by atoms with E-state index in [1.54, 1.807) is 0 Å². The van der Waals surface area contributed by atoms with E-state index in [2.05, 4.69) is 6.92 Å². The van der Waals surface area contributed by atoms with Gasteiger partial charge in [0.2, 0.25) is 11.8 Å². The molecule has 0 aromatic heterocycles. The first kappa shape index (κ1) is 26.4. The summed E-state index contributed by atoms with van der Waals surface area (Å²) >= 11 is 0. The second-order valence-electron chi connectivity index (χ2n) is 12.2. The highest BCUT2D eigenvalue weighted by Gasteiger charge is 2.70. The van der Waals surface area contributed by atoms with Crippen LogP contribution in [0.3, 0.4) is 0 Å². The molecule has 0 radical (unpaired) electrons. The van der Waals surface area contributed by atoms with E-state index in [4.69, 9.17) is 9.63 Å². The van der Waals surface area contributed by atoms with Gasteiger partial charge in [-0.25, -0.2) is 22.3 Å². The zero-order valence-electron chi connectivity index (χ0n) is 20.2. The number of phosphoric acid groups is 1. The molecule has 0 spiro atoms. The van der Waals surface area contributed by atoms with Crippen molar-refractivity contribution in [3.63, 3.8) is 0 Å². The highest BCUT2D eigenvalue weighted by Crippen LogP contribution is 2.73. The van der Waals surface area contributed by atoms with E-state index in [0.29, 0.717) is 19.3 Å². The normalized spacial score (nSPS) is 46.8. The molecule has 0 aromatic rings. The molecule has 0 aromatic carbocycles. The van der Waals surface area contributed by atoms with Gasteiger partial charge in [0.15, 0.2) is 0 Å². The van der Waals surface area contributed by atoms with E-state index in [0.717, 1.165) is 12.8 Å². The molecule has 3 N–H and O–H groups in total. The molecule has 4 aliphatic carbocycles. The predicted molar refractivity (Wildman–Crippen MR) is 119 cm³/mol. The largest absolute Gasteiger partial charge is 0.481 e. The summed E-state index contributed by atoms with van der Waals surface area (Å²) in [6, 6.07) is 0. The van der Waals surface area contributed by atoms with Gasteiger partial charge in [0.25, 0.3) is 0 Å². The third-order valence-electron chi connectivity index (χ3n) is 10.5. The molecule has 196 valence electrons. The van der Waals surface area contributed by atoms with Crippen LogP contribution in [0.15, 0.2) is 0 Å². The topological polar surface area (TPSA) is 104 Å². The van der Waals surface area contributed by atoms with Crippen molar-refractivity contribution < 1.29 is 41.9 Å². The van der Waals surface area contributed by atoms with Crippen LogP contribution in [-0.2, 0) is 13.9 Å². The van der Waals surface area contributed by atoms with Gasteiger partial charge in [-0.3, -0.25) is 4.79 Å². The molecule has 9 atom stereocenters. The molecular formula is C24H38F3O6P. The molecule has 0 amide bonds. The fourth-order valence-electron chi connectivity index (χ4n) is 8.92. The van der Waals surface area contributed by atoms with Gasteiger partial charge in [0.1, 0.15) is 0 Å². The van der Waals surface area contributed by atoms with Crippen molar-refractivity contribution >= 4 is 13.8 Å². The maximum absolute atomic E-state index is 16.8. The zero-order valence-corrected chi connectivity index (χ0v) is 21.1. The first-order valence-corrected chi connectivity index (χ1v) is 14.1. The summed E-state index contributed by atoms with van der Waals surface area (Å²) in [6.45, 7) is 6.10. The molecule has 4 fully saturated rings. The van der Waals surface area contributed by atoms with E-state index >= 15 is 4.39 Å². The lowest BCUT2D eigenvalue weighted by molar-refractivity contribution is -0.271. The van der Waals surface area contributed by atoms with E-state index in [1.807, 2.05) is 13.8 Å². The van der Waals surface area contributed by atoms with E-state index in [9.17, 15) is 27.9 Å². The quantitative estimate of drug-likeness (QED) is 0.370. The molecule has 6 nitrogen and oxygen atoms in total. The Labute approximate surface area is 199 Å². The Kier molecular flexibility index (Phi) is 6.58. The van der Waals surface area contributed by atoms with Gasteiger partial charge < -0.3 is 14.9 Å². The van der Waals surface area contributed by atoms with Gasteiger partial charge >= 0.3 is 13.8 Å². The minimum absolute atomic E-state index is 0.0623. The van der Waals surface area contributed by atoms with Crippen LogP contribution in [0, 0.1) is 46.3 Å². The number of carboxylic acid groups (broad SMARTS) is 1. The Morgan fingerprint density at radius 2 is 1.68 bits per heavy atom. The van der Waals surface area contributed by atoms with E-state index in [-0.39, 0.29) is 48.3 Å². The average molecular weight is 511 g/mol. The third-order valence-corrected chi connectivity index (χ3v) is 11.0. The number of phosphoric ester groups is 1. The molecule has 0 saturated heterocycles. The number of hydrogen-bond acceptors (Lipinski definition) is 3. The second-order valence-corrected chi connectivity index (χ2v) is 13.4. The van der Waals surface area contributed by atoms with Crippen LogP contribution < -0.4 is 0 Å². The monoisotopic (exact) mass is 510 g/mol. The van der Waals surface area contributed by atoms with Crippen molar-refractivity contribution in [3.05, 3.63) is 0 Å². The maximum atomic E-state index is 16.8. The summed E-state index contributed by atoms with van der Waals surface area (Å²) in [4.78, 5) is 30.3. The summed E-state index contributed by atoms with van der Waals surface area (Å²) in [7, 11) is -5.21. The maximum Gasteiger partial charge on any atom is 0.472 e. The third kappa shape index (κ3) is 4.48. The standard InChI is InChI=1S/C24H38F3O6P/c1-14(4-7-19(28)29)16-5-6-17-20-18(8-9-22(16,17)3)21(2)10-11-23(25,26)12-15(21)13-24(20,27)33-34(30,31)32/h14-18,20H,4-13H2,1-3H3,(H,28,29)(H2,30,31,32). The molecule has 4 aliphatic rings. The minimum atomic E-state index is -5.21. The van der Waals surface area contributed by atoms with Crippen molar-refractivity contribution in [2.75, 3.05) is 0 Å². The molecule has 4 rings (SSSR count). The highest BCUT2D eigenvalue weighted by molar-refractivity contribution is 7.46. The minimum Gasteiger partial charge on any atom is -0.481 e. The van der Waals surface area contributed by atoms with Crippen molar-refractivity contribution in [2.24, 2.45) is 46.3 Å². The number of carbonyl (C=O) groups is 1. The fourth-order valence-corrected chi connectivity index (χ4v) is 9.51. The summed E-state index contributed by atoms with van der Waals surface area (Å²) in [5, 5.41) is 9.11.